The summed E-state index contributed by atoms with van der Waals surface area (Å²) in [7, 11) is 4.74. The average molecular weight is 355 g/mol. The molecule has 0 radical (unpaired) electrons. The van der Waals surface area contributed by atoms with Crippen molar-refractivity contribution in [2.75, 3.05) is 21.3 Å². The summed E-state index contributed by atoms with van der Waals surface area (Å²) >= 11 is 0. The predicted octanol–water partition coefficient (Wildman–Crippen LogP) is 4.08. The second-order valence-electron chi connectivity index (χ2n) is 5.49. The molecule has 0 saturated heterocycles. The first-order chi connectivity index (χ1) is 11.9. The van der Waals surface area contributed by atoms with Crippen LogP contribution in [-0.4, -0.2) is 32.8 Å². The van der Waals surface area contributed by atoms with Crippen LogP contribution in [0.15, 0.2) is 36.4 Å². The fourth-order valence-corrected chi connectivity index (χ4v) is 2.54. The summed E-state index contributed by atoms with van der Waals surface area (Å²) in [4.78, 5) is 1.91. The van der Waals surface area contributed by atoms with E-state index in [2.05, 4.69) is 4.74 Å². The van der Waals surface area contributed by atoms with Crippen LogP contribution in [0, 0.1) is 5.82 Å². The highest BCUT2D eigenvalue weighted by Crippen LogP contribution is 2.30. The smallest absolute Gasteiger partial charge is 0.387 e. The lowest BCUT2D eigenvalue weighted by molar-refractivity contribution is -0.0512. The minimum absolute atomic E-state index is 0.0215. The number of alkyl halides is 2. The molecule has 2 aromatic carbocycles. The molecular weight excluding hydrogens is 335 g/mol. The summed E-state index contributed by atoms with van der Waals surface area (Å²) in [6.45, 7) is -2.06. The third kappa shape index (κ3) is 5.29. The third-order valence-electron chi connectivity index (χ3n) is 3.58. The van der Waals surface area contributed by atoms with Crippen LogP contribution in [0.2, 0.25) is 0 Å². The first-order valence-electron chi connectivity index (χ1n) is 7.55. The maximum atomic E-state index is 13.4. The van der Waals surface area contributed by atoms with E-state index in [4.69, 9.17) is 9.47 Å². The quantitative estimate of drug-likeness (QED) is 0.714. The first kappa shape index (κ1) is 18.9. The Labute approximate surface area is 144 Å². The Bertz CT molecular complexity index is 710. The van der Waals surface area contributed by atoms with E-state index in [-0.39, 0.29) is 17.3 Å². The van der Waals surface area contributed by atoms with Gasteiger partial charge in [0.25, 0.3) is 0 Å². The van der Waals surface area contributed by atoms with Crippen LogP contribution < -0.4 is 14.2 Å². The van der Waals surface area contributed by atoms with Gasteiger partial charge in [-0.3, -0.25) is 4.90 Å². The average Bonchev–Trinajstić information content (AvgIpc) is 2.54. The van der Waals surface area contributed by atoms with Crippen molar-refractivity contribution in [3.05, 3.63) is 53.3 Å². The Morgan fingerprint density at radius 3 is 2.24 bits per heavy atom. The summed E-state index contributed by atoms with van der Waals surface area (Å²) in [5.41, 5.74) is 1.46. The molecule has 2 aromatic rings. The molecule has 0 spiro atoms. The van der Waals surface area contributed by atoms with Gasteiger partial charge in [-0.15, -0.1) is 0 Å². The van der Waals surface area contributed by atoms with Crippen LogP contribution in [0.5, 0.6) is 17.2 Å². The normalized spacial score (nSPS) is 11.0. The maximum absolute atomic E-state index is 13.4. The molecule has 0 bridgehead atoms. The van der Waals surface area contributed by atoms with Gasteiger partial charge in [0.2, 0.25) is 0 Å². The molecule has 0 heterocycles. The summed E-state index contributed by atoms with van der Waals surface area (Å²) in [6.07, 6.45) is 0. The van der Waals surface area contributed by atoms with Gasteiger partial charge in [-0.2, -0.15) is 8.78 Å². The lowest BCUT2D eigenvalue weighted by Gasteiger charge is -2.19. The van der Waals surface area contributed by atoms with E-state index in [0.717, 1.165) is 5.56 Å². The van der Waals surface area contributed by atoms with Crippen molar-refractivity contribution in [3.63, 3.8) is 0 Å². The minimum atomic E-state index is -2.93. The molecule has 136 valence electrons. The van der Waals surface area contributed by atoms with Crippen LogP contribution in [-0.2, 0) is 13.1 Å². The fourth-order valence-electron chi connectivity index (χ4n) is 2.54. The number of nitrogens with zero attached hydrogens (tertiary/aromatic N) is 1. The van der Waals surface area contributed by atoms with Gasteiger partial charge in [0, 0.05) is 18.7 Å². The van der Waals surface area contributed by atoms with Crippen molar-refractivity contribution in [3.8, 4) is 17.2 Å². The van der Waals surface area contributed by atoms with Gasteiger partial charge in [-0.1, -0.05) is 6.07 Å². The van der Waals surface area contributed by atoms with Crippen LogP contribution in [0.25, 0.3) is 0 Å². The Balaban J connectivity index is 2.12. The molecule has 25 heavy (non-hydrogen) atoms. The number of ether oxygens (including phenoxy) is 3. The lowest BCUT2D eigenvalue weighted by Crippen LogP contribution is -2.18. The highest BCUT2D eigenvalue weighted by Gasteiger charge is 2.13. The Hall–Kier alpha value is -2.41. The topological polar surface area (TPSA) is 30.9 Å². The fraction of sp³-hybridized carbons (Fsp3) is 0.333. The molecule has 0 amide bonds. The molecule has 0 saturated carbocycles. The Morgan fingerprint density at radius 2 is 1.60 bits per heavy atom. The zero-order valence-electron chi connectivity index (χ0n) is 14.3. The molecule has 2 rings (SSSR count). The van der Waals surface area contributed by atoms with E-state index < -0.39 is 6.61 Å². The van der Waals surface area contributed by atoms with Crippen molar-refractivity contribution in [2.24, 2.45) is 0 Å². The molecule has 7 heteroatoms. The van der Waals surface area contributed by atoms with Crippen LogP contribution >= 0.6 is 0 Å². The van der Waals surface area contributed by atoms with Crippen LogP contribution in [0.4, 0.5) is 13.2 Å². The van der Waals surface area contributed by atoms with Crippen molar-refractivity contribution in [1.82, 2.24) is 4.90 Å². The van der Waals surface area contributed by atoms with E-state index in [1.165, 1.54) is 32.4 Å². The highest BCUT2D eigenvalue weighted by atomic mass is 19.3. The van der Waals surface area contributed by atoms with Crippen molar-refractivity contribution in [2.45, 2.75) is 19.7 Å². The van der Waals surface area contributed by atoms with Crippen LogP contribution in [0.3, 0.4) is 0 Å². The van der Waals surface area contributed by atoms with E-state index in [0.29, 0.717) is 24.4 Å². The number of methoxy groups -OCH3 is 2. The number of hydrogen-bond donors (Lipinski definition) is 0. The monoisotopic (exact) mass is 355 g/mol. The summed E-state index contributed by atoms with van der Waals surface area (Å²) < 4.78 is 53.2. The van der Waals surface area contributed by atoms with Gasteiger partial charge in [0.15, 0.2) is 11.5 Å². The van der Waals surface area contributed by atoms with E-state index in [1.807, 2.05) is 11.9 Å². The van der Waals surface area contributed by atoms with Gasteiger partial charge >= 0.3 is 6.61 Å². The van der Waals surface area contributed by atoms with Gasteiger partial charge in [0.05, 0.1) is 14.2 Å². The summed E-state index contributed by atoms with van der Waals surface area (Å²) in [6, 6.07) is 9.15. The second kappa shape index (κ2) is 8.62. The second-order valence-corrected chi connectivity index (χ2v) is 5.49. The molecule has 0 atom stereocenters. The molecular formula is C18H20F3NO3. The molecule has 4 nitrogen and oxygen atoms in total. The van der Waals surface area contributed by atoms with Crippen molar-refractivity contribution in [1.29, 1.82) is 0 Å². The molecule has 0 aliphatic carbocycles. The Morgan fingerprint density at radius 1 is 0.920 bits per heavy atom. The van der Waals surface area contributed by atoms with E-state index in [1.54, 1.807) is 18.2 Å². The maximum Gasteiger partial charge on any atom is 0.387 e. The molecule has 0 fully saturated rings. The molecule has 0 N–H and O–H groups in total. The summed E-state index contributed by atoms with van der Waals surface area (Å²) in [5.74, 6) is 0.455. The molecule has 0 aliphatic rings. The van der Waals surface area contributed by atoms with E-state index in [9.17, 15) is 13.2 Å². The molecule has 0 aromatic heterocycles. The number of hydrogen-bond acceptors (Lipinski definition) is 4. The lowest BCUT2D eigenvalue weighted by atomic mass is 10.1. The number of benzene rings is 2. The van der Waals surface area contributed by atoms with Gasteiger partial charge in [-0.05, 0) is 42.9 Å². The van der Waals surface area contributed by atoms with Crippen molar-refractivity contribution < 1.29 is 27.4 Å². The van der Waals surface area contributed by atoms with Gasteiger partial charge < -0.3 is 14.2 Å². The number of halogens is 3. The highest BCUT2D eigenvalue weighted by molar-refractivity contribution is 5.43. The third-order valence-corrected chi connectivity index (χ3v) is 3.58. The minimum Gasteiger partial charge on any atom is -0.496 e. The Kier molecular flexibility index (Phi) is 6.52. The summed E-state index contributed by atoms with van der Waals surface area (Å²) in [5, 5.41) is 0. The zero-order chi connectivity index (χ0) is 18.4. The molecule has 0 aliphatic heterocycles. The zero-order valence-corrected chi connectivity index (χ0v) is 14.3. The standard InChI is InChI=1S/C18H20F3NO3/c1-22(11-13-9-14(19)5-7-15(13)23-2)10-12-4-6-16(24-3)17(8-12)25-18(20)21/h4-9,18H,10-11H2,1-3H3. The largest absolute Gasteiger partial charge is 0.496 e. The van der Waals surface area contributed by atoms with Crippen LogP contribution in [0.1, 0.15) is 11.1 Å². The van der Waals surface area contributed by atoms with Gasteiger partial charge in [-0.25, -0.2) is 4.39 Å². The first-order valence-corrected chi connectivity index (χ1v) is 7.55. The number of rotatable bonds is 8. The predicted molar refractivity (Wildman–Crippen MR) is 87.7 cm³/mol. The van der Waals surface area contributed by atoms with Gasteiger partial charge in [0.1, 0.15) is 11.6 Å². The molecule has 0 unspecified atom stereocenters. The SMILES string of the molecule is COc1ccc(F)cc1CN(C)Cc1ccc(OC)c(OC(F)F)c1. The van der Waals surface area contributed by atoms with Crippen molar-refractivity contribution >= 4 is 0 Å². The van der Waals surface area contributed by atoms with E-state index >= 15 is 0 Å².